The first-order valence-corrected chi connectivity index (χ1v) is 7.95. The lowest BCUT2D eigenvalue weighted by Gasteiger charge is -1.97. The van der Waals surface area contributed by atoms with Crippen molar-refractivity contribution in [2.45, 2.75) is 6.92 Å². The molecule has 2 heterocycles. The van der Waals surface area contributed by atoms with E-state index in [1.807, 2.05) is 11.3 Å². The second kappa shape index (κ2) is 3.86. The third-order valence-electron chi connectivity index (χ3n) is 4.33. The van der Waals surface area contributed by atoms with Crippen molar-refractivity contribution in [1.29, 1.82) is 0 Å². The summed E-state index contributed by atoms with van der Waals surface area (Å²) >= 11 is 1.89. The Morgan fingerprint density at radius 3 is 2.62 bits per heavy atom. The van der Waals surface area contributed by atoms with Crippen LogP contribution in [0.5, 0.6) is 0 Å². The summed E-state index contributed by atoms with van der Waals surface area (Å²) in [5.74, 6) is 0. The van der Waals surface area contributed by atoms with Crippen LogP contribution in [0.3, 0.4) is 0 Å². The van der Waals surface area contributed by atoms with Crippen LogP contribution in [-0.4, -0.2) is 4.98 Å². The van der Waals surface area contributed by atoms with E-state index in [9.17, 15) is 0 Å². The lowest BCUT2D eigenvalue weighted by atomic mass is 10.1. The molecule has 0 unspecified atom stereocenters. The van der Waals surface area contributed by atoms with Gasteiger partial charge in [0.2, 0.25) is 0 Å². The van der Waals surface area contributed by atoms with Gasteiger partial charge in [0.05, 0.1) is 0 Å². The van der Waals surface area contributed by atoms with Crippen molar-refractivity contribution in [3.63, 3.8) is 0 Å². The molecule has 3 aromatic carbocycles. The van der Waals surface area contributed by atoms with Crippen molar-refractivity contribution in [3.05, 3.63) is 60.2 Å². The zero-order chi connectivity index (χ0) is 14.0. The highest BCUT2D eigenvalue weighted by atomic mass is 32.1. The Morgan fingerprint density at radius 1 is 0.762 bits per heavy atom. The predicted molar refractivity (Wildman–Crippen MR) is 93.4 cm³/mol. The molecule has 0 atom stereocenters. The summed E-state index contributed by atoms with van der Waals surface area (Å²) in [4.78, 5) is 3.55. The van der Waals surface area contributed by atoms with Gasteiger partial charge in [0, 0.05) is 42.0 Å². The Hall–Kier alpha value is -2.32. The normalized spacial score (nSPS) is 12.0. The number of aromatic amines is 1. The minimum atomic E-state index is 1.21. The van der Waals surface area contributed by atoms with E-state index in [0.29, 0.717) is 0 Å². The van der Waals surface area contributed by atoms with E-state index in [2.05, 4.69) is 66.5 Å². The number of hydrogen-bond acceptors (Lipinski definition) is 1. The average Bonchev–Trinajstić information content (AvgIpc) is 3.03. The van der Waals surface area contributed by atoms with Gasteiger partial charge in [-0.2, -0.15) is 0 Å². The SMILES string of the molecule is Cc1cccc2sc3cc4c(cc3c12)[nH]c1ccccc14. The summed E-state index contributed by atoms with van der Waals surface area (Å²) in [7, 11) is 0. The molecule has 0 aliphatic carbocycles. The molecular weight excluding hydrogens is 274 g/mol. The molecule has 0 saturated heterocycles. The van der Waals surface area contributed by atoms with Crippen molar-refractivity contribution in [3.8, 4) is 0 Å². The quantitative estimate of drug-likeness (QED) is 0.359. The van der Waals surface area contributed by atoms with Crippen molar-refractivity contribution in [1.82, 2.24) is 4.98 Å². The van der Waals surface area contributed by atoms with Crippen molar-refractivity contribution in [2.24, 2.45) is 0 Å². The Bertz CT molecular complexity index is 1140. The summed E-state index contributed by atoms with van der Waals surface area (Å²) < 4.78 is 2.75. The van der Waals surface area contributed by atoms with Crippen LogP contribution in [0.4, 0.5) is 0 Å². The van der Waals surface area contributed by atoms with Gasteiger partial charge in [0.15, 0.2) is 0 Å². The second-order valence-electron chi connectivity index (χ2n) is 5.61. The maximum Gasteiger partial charge on any atom is 0.0472 e. The molecule has 0 radical (unpaired) electrons. The van der Waals surface area contributed by atoms with Crippen LogP contribution in [0.2, 0.25) is 0 Å². The molecule has 0 bridgehead atoms. The molecule has 100 valence electrons. The number of nitrogens with one attached hydrogen (secondary N) is 1. The van der Waals surface area contributed by atoms with Crippen LogP contribution in [0, 0.1) is 6.92 Å². The van der Waals surface area contributed by atoms with Crippen LogP contribution in [-0.2, 0) is 0 Å². The first-order valence-electron chi connectivity index (χ1n) is 7.13. The molecule has 5 aromatic rings. The number of thiophene rings is 1. The molecular formula is C19H13NS. The molecule has 0 saturated carbocycles. The Labute approximate surface area is 125 Å². The molecule has 5 rings (SSSR count). The number of para-hydroxylation sites is 1. The summed E-state index contributed by atoms with van der Waals surface area (Å²) in [5, 5.41) is 5.40. The van der Waals surface area contributed by atoms with Crippen LogP contribution < -0.4 is 0 Å². The smallest absolute Gasteiger partial charge is 0.0472 e. The van der Waals surface area contributed by atoms with Crippen molar-refractivity contribution >= 4 is 53.3 Å². The third kappa shape index (κ3) is 1.45. The largest absolute Gasteiger partial charge is 0.354 e. The molecule has 0 spiro atoms. The molecule has 0 aliphatic rings. The Morgan fingerprint density at radius 2 is 1.67 bits per heavy atom. The first kappa shape index (κ1) is 11.4. The highest BCUT2D eigenvalue weighted by molar-refractivity contribution is 7.25. The van der Waals surface area contributed by atoms with Crippen LogP contribution in [0.1, 0.15) is 5.56 Å². The van der Waals surface area contributed by atoms with Crippen molar-refractivity contribution < 1.29 is 0 Å². The lowest BCUT2D eigenvalue weighted by molar-refractivity contribution is 1.55. The Kier molecular flexibility index (Phi) is 2.09. The van der Waals surface area contributed by atoms with Gasteiger partial charge in [-0.15, -0.1) is 11.3 Å². The summed E-state index contributed by atoms with van der Waals surface area (Å²) in [6.07, 6.45) is 0. The molecule has 2 heteroatoms. The molecule has 1 N–H and O–H groups in total. The zero-order valence-electron chi connectivity index (χ0n) is 11.6. The van der Waals surface area contributed by atoms with Gasteiger partial charge in [-0.25, -0.2) is 0 Å². The second-order valence-corrected chi connectivity index (χ2v) is 6.70. The van der Waals surface area contributed by atoms with Gasteiger partial charge in [-0.3, -0.25) is 0 Å². The molecule has 2 aromatic heterocycles. The minimum absolute atomic E-state index is 1.21. The number of fused-ring (bicyclic) bond motifs is 6. The van der Waals surface area contributed by atoms with E-state index in [-0.39, 0.29) is 0 Å². The topological polar surface area (TPSA) is 15.8 Å². The van der Waals surface area contributed by atoms with E-state index < -0.39 is 0 Å². The molecule has 21 heavy (non-hydrogen) atoms. The number of hydrogen-bond donors (Lipinski definition) is 1. The van der Waals surface area contributed by atoms with Crippen LogP contribution in [0.25, 0.3) is 42.0 Å². The van der Waals surface area contributed by atoms with Crippen LogP contribution in [0.15, 0.2) is 54.6 Å². The highest BCUT2D eigenvalue weighted by Crippen LogP contribution is 2.39. The maximum absolute atomic E-state index is 3.55. The van der Waals surface area contributed by atoms with E-state index in [4.69, 9.17) is 0 Å². The zero-order valence-corrected chi connectivity index (χ0v) is 12.4. The maximum atomic E-state index is 3.55. The van der Waals surface area contributed by atoms with Gasteiger partial charge in [-0.05, 0) is 36.8 Å². The summed E-state index contributed by atoms with van der Waals surface area (Å²) in [5.41, 5.74) is 3.80. The lowest BCUT2D eigenvalue weighted by Crippen LogP contribution is -1.74. The molecule has 1 nitrogen and oxygen atoms in total. The van der Waals surface area contributed by atoms with E-state index in [0.717, 1.165) is 0 Å². The van der Waals surface area contributed by atoms with E-state index in [1.165, 1.54) is 47.5 Å². The minimum Gasteiger partial charge on any atom is -0.354 e. The molecule has 0 aliphatic heterocycles. The standard InChI is InChI=1S/C19H13NS/c1-11-5-4-8-17-19(11)14-9-16-13(10-18(14)21-17)12-6-2-3-7-15(12)20-16/h2-10,20H,1H3. The first-order chi connectivity index (χ1) is 10.3. The van der Waals surface area contributed by atoms with E-state index in [1.54, 1.807) is 0 Å². The molecule has 0 fully saturated rings. The van der Waals surface area contributed by atoms with Crippen LogP contribution >= 0.6 is 11.3 Å². The van der Waals surface area contributed by atoms with Gasteiger partial charge >= 0.3 is 0 Å². The third-order valence-corrected chi connectivity index (χ3v) is 5.45. The number of H-pyrrole nitrogens is 1. The number of aromatic nitrogens is 1. The van der Waals surface area contributed by atoms with E-state index >= 15 is 0 Å². The number of rotatable bonds is 0. The molecule has 0 amide bonds. The monoisotopic (exact) mass is 287 g/mol. The van der Waals surface area contributed by atoms with Crippen molar-refractivity contribution in [2.75, 3.05) is 0 Å². The van der Waals surface area contributed by atoms with Gasteiger partial charge < -0.3 is 4.98 Å². The average molecular weight is 287 g/mol. The summed E-state index contributed by atoms with van der Waals surface area (Å²) in [6.45, 7) is 2.20. The number of aryl methyl sites for hydroxylation is 1. The fourth-order valence-electron chi connectivity index (χ4n) is 3.35. The predicted octanol–water partition coefficient (Wildman–Crippen LogP) is 6.00. The Balaban J connectivity index is 2.05. The summed E-state index contributed by atoms with van der Waals surface area (Å²) in [6, 6.07) is 19.8. The van der Waals surface area contributed by atoms with Gasteiger partial charge in [-0.1, -0.05) is 30.3 Å². The van der Waals surface area contributed by atoms with Gasteiger partial charge in [0.1, 0.15) is 0 Å². The fraction of sp³-hybridized carbons (Fsp3) is 0.0526. The highest BCUT2D eigenvalue weighted by Gasteiger charge is 2.11. The fourth-order valence-corrected chi connectivity index (χ4v) is 4.55. The van der Waals surface area contributed by atoms with Gasteiger partial charge in [0.25, 0.3) is 0 Å². The number of benzene rings is 3.